The number of H-pyrrole nitrogens is 1. The monoisotopic (exact) mass is 359 g/mol. The van der Waals surface area contributed by atoms with Crippen molar-refractivity contribution in [1.29, 1.82) is 0 Å². The standard InChI is InChI=1S/C18H15Cl2N3O/c1-11-14(13-4-2-3-5-17(13)22-11)9-18(24)23-21-10-12-6-7-15(19)16(20)8-12/h2-8,10,22H,9H2,1H3,(H,23,24). The van der Waals surface area contributed by atoms with Crippen LogP contribution in [-0.2, 0) is 11.2 Å². The zero-order chi connectivity index (χ0) is 17.1. The van der Waals surface area contributed by atoms with Crippen molar-refractivity contribution in [3.8, 4) is 0 Å². The molecule has 3 rings (SSSR count). The van der Waals surface area contributed by atoms with E-state index in [0.29, 0.717) is 10.0 Å². The van der Waals surface area contributed by atoms with Gasteiger partial charge in [0, 0.05) is 16.6 Å². The summed E-state index contributed by atoms with van der Waals surface area (Å²) in [6.07, 6.45) is 1.79. The highest BCUT2D eigenvalue weighted by Crippen LogP contribution is 2.23. The number of aryl methyl sites for hydroxylation is 1. The lowest BCUT2D eigenvalue weighted by atomic mass is 10.1. The molecule has 6 heteroatoms. The molecule has 4 nitrogen and oxygen atoms in total. The van der Waals surface area contributed by atoms with Crippen molar-refractivity contribution in [3.05, 3.63) is 69.3 Å². The summed E-state index contributed by atoms with van der Waals surface area (Å²) < 4.78 is 0. The predicted octanol–water partition coefficient (Wildman–Crippen LogP) is 4.48. The second-order valence-corrected chi connectivity index (χ2v) is 6.23. The third-order valence-corrected chi connectivity index (χ3v) is 4.45. The van der Waals surface area contributed by atoms with Crippen LogP contribution in [0, 0.1) is 6.92 Å². The first-order valence-electron chi connectivity index (χ1n) is 7.38. The van der Waals surface area contributed by atoms with Crippen LogP contribution in [0.2, 0.25) is 10.0 Å². The van der Waals surface area contributed by atoms with Crippen molar-refractivity contribution in [2.45, 2.75) is 13.3 Å². The number of halogens is 2. The number of hydrogen-bond donors (Lipinski definition) is 2. The van der Waals surface area contributed by atoms with Crippen LogP contribution in [0.4, 0.5) is 0 Å². The van der Waals surface area contributed by atoms with Gasteiger partial charge in [0.1, 0.15) is 0 Å². The molecule has 24 heavy (non-hydrogen) atoms. The van der Waals surface area contributed by atoms with E-state index < -0.39 is 0 Å². The fourth-order valence-corrected chi connectivity index (χ4v) is 2.84. The van der Waals surface area contributed by atoms with E-state index in [0.717, 1.165) is 27.7 Å². The third-order valence-electron chi connectivity index (χ3n) is 3.71. The summed E-state index contributed by atoms with van der Waals surface area (Å²) in [5.74, 6) is -0.181. The Morgan fingerprint density at radius 3 is 2.79 bits per heavy atom. The summed E-state index contributed by atoms with van der Waals surface area (Å²) >= 11 is 11.8. The van der Waals surface area contributed by atoms with E-state index in [1.165, 1.54) is 6.21 Å². The van der Waals surface area contributed by atoms with E-state index >= 15 is 0 Å². The number of aromatic nitrogens is 1. The van der Waals surface area contributed by atoms with Crippen molar-refractivity contribution in [2.75, 3.05) is 0 Å². The van der Waals surface area contributed by atoms with Crippen LogP contribution in [0.3, 0.4) is 0 Å². The molecule has 2 aromatic carbocycles. The van der Waals surface area contributed by atoms with Gasteiger partial charge in [-0.1, -0.05) is 47.5 Å². The maximum absolute atomic E-state index is 12.1. The summed E-state index contributed by atoms with van der Waals surface area (Å²) in [5.41, 5.74) is 6.28. The number of fused-ring (bicyclic) bond motifs is 1. The number of hydrogen-bond acceptors (Lipinski definition) is 2. The number of nitrogens with one attached hydrogen (secondary N) is 2. The molecular weight excluding hydrogens is 345 g/mol. The summed E-state index contributed by atoms with van der Waals surface area (Å²) in [4.78, 5) is 15.4. The van der Waals surface area contributed by atoms with Gasteiger partial charge in [0.15, 0.2) is 0 Å². The van der Waals surface area contributed by atoms with Crippen LogP contribution >= 0.6 is 23.2 Å². The summed E-state index contributed by atoms with van der Waals surface area (Å²) in [5, 5.41) is 5.95. The molecule has 0 saturated heterocycles. The van der Waals surface area contributed by atoms with Crippen LogP contribution in [0.1, 0.15) is 16.8 Å². The first kappa shape index (κ1) is 16.6. The molecule has 0 aliphatic heterocycles. The Bertz CT molecular complexity index is 931. The van der Waals surface area contributed by atoms with E-state index in [4.69, 9.17) is 23.2 Å². The van der Waals surface area contributed by atoms with Crippen molar-refractivity contribution in [3.63, 3.8) is 0 Å². The molecule has 0 aliphatic carbocycles. The number of carbonyl (C=O) groups excluding carboxylic acids is 1. The van der Waals surface area contributed by atoms with Crippen LogP contribution < -0.4 is 5.43 Å². The number of hydrazone groups is 1. The molecule has 0 spiro atoms. The highest BCUT2D eigenvalue weighted by Gasteiger charge is 2.11. The minimum atomic E-state index is -0.181. The fraction of sp³-hybridized carbons (Fsp3) is 0.111. The van der Waals surface area contributed by atoms with E-state index in [9.17, 15) is 4.79 Å². The van der Waals surface area contributed by atoms with E-state index in [2.05, 4.69) is 15.5 Å². The van der Waals surface area contributed by atoms with Gasteiger partial charge < -0.3 is 4.98 Å². The third kappa shape index (κ3) is 3.61. The van der Waals surface area contributed by atoms with Gasteiger partial charge in [0.25, 0.3) is 0 Å². The second-order valence-electron chi connectivity index (χ2n) is 5.42. The zero-order valence-electron chi connectivity index (χ0n) is 12.9. The number of benzene rings is 2. The molecule has 1 aromatic heterocycles. The number of carbonyl (C=O) groups is 1. The fourth-order valence-electron chi connectivity index (χ4n) is 2.53. The van der Waals surface area contributed by atoms with Crippen LogP contribution in [0.5, 0.6) is 0 Å². The Morgan fingerprint density at radius 1 is 1.21 bits per heavy atom. The lowest BCUT2D eigenvalue weighted by Gasteiger charge is -2.01. The topological polar surface area (TPSA) is 57.2 Å². The highest BCUT2D eigenvalue weighted by molar-refractivity contribution is 6.42. The quantitative estimate of drug-likeness (QED) is 0.523. The molecule has 1 amide bonds. The highest BCUT2D eigenvalue weighted by atomic mass is 35.5. The van der Waals surface area contributed by atoms with E-state index in [1.807, 2.05) is 31.2 Å². The van der Waals surface area contributed by atoms with Crippen LogP contribution in [-0.4, -0.2) is 17.1 Å². The predicted molar refractivity (Wildman–Crippen MR) is 98.9 cm³/mol. The number of rotatable bonds is 4. The second kappa shape index (κ2) is 7.07. The molecule has 3 aromatic rings. The number of nitrogens with zero attached hydrogens (tertiary/aromatic N) is 1. The smallest absolute Gasteiger partial charge is 0.244 e. The largest absolute Gasteiger partial charge is 0.358 e. The van der Waals surface area contributed by atoms with Crippen molar-refractivity contribution in [2.24, 2.45) is 5.10 Å². The normalized spacial score (nSPS) is 11.3. The van der Waals surface area contributed by atoms with Gasteiger partial charge in [0.2, 0.25) is 5.91 Å². The Labute approximate surface area is 149 Å². The molecule has 1 heterocycles. The van der Waals surface area contributed by atoms with Crippen LogP contribution in [0.25, 0.3) is 10.9 Å². The maximum atomic E-state index is 12.1. The first-order chi connectivity index (χ1) is 11.5. The molecule has 0 saturated carbocycles. The molecule has 0 unspecified atom stereocenters. The first-order valence-corrected chi connectivity index (χ1v) is 8.13. The Hall–Kier alpha value is -2.30. The van der Waals surface area contributed by atoms with Gasteiger partial charge in [0.05, 0.1) is 22.7 Å². The molecule has 0 fully saturated rings. The van der Waals surface area contributed by atoms with Gasteiger partial charge in [-0.25, -0.2) is 5.43 Å². The Morgan fingerprint density at radius 2 is 2.00 bits per heavy atom. The van der Waals surface area contributed by atoms with Gasteiger partial charge in [-0.3, -0.25) is 4.79 Å². The average molecular weight is 360 g/mol. The number of amides is 1. The number of aromatic amines is 1. The van der Waals surface area contributed by atoms with Gasteiger partial charge >= 0.3 is 0 Å². The van der Waals surface area contributed by atoms with E-state index in [-0.39, 0.29) is 12.3 Å². The summed E-state index contributed by atoms with van der Waals surface area (Å²) in [6, 6.07) is 13.1. The van der Waals surface area contributed by atoms with E-state index in [1.54, 1.807) is 18.2 Å². The molecule has 122 valence electrons. The molecule has 0 bridgehead atoms. The molecule has 0 atom stereocenters. The zero-order valence-corrected chi connectivity index (χ0v) is 14.4. The number of para-hydroxylation sites is 1. The van der Waals surface area contributed by atoms with Crippen molar-refractivity contribution >= 4 is 46.2 Å². The maximum Gasteiger partial charge on any atom is 0.244 e. The van der Waals surface area contributed by atoms with Gasteiger partial charge in [-0.05, 0) is 36.2 Å². The molecular formula is C18H15Cl2N3O. The lowest BCUT2D eigenvalue weighted by Crippen LogP contribution is -2.20. The lowest BCUT2D eigenvalue weighted by molar-refractivity contribution is -0.120. The van der Waals surface area contributed by atoms with Crippen molar-refractivity contribution in [1.82, 2.24) is 10.4 Å². The average Bonchev–Trinajstić information content (AvgIpc) is 2.87. The Kier molecular flexibility index (Phi) is 4.88. The molecule has 2 N–H and O–H groups in total. The van der Waals surface area contributed by atoms with Gasteiger partial charge in [-0.2, -0.15) is 5.10 Å². The summed E-state index contributed by atoms with van der Waals surface area (Å²) in [7, 11) is 0. The van der Waals surface area contributed by atoms with Crippen molar-refractivity contribution < 1.29 is 4.79 Å². The van der Waals surface area contributed by atoms with Gasteiger partial charge in [-0.15, -0.1) is 0 Å². The Balaban J connectivity index is 1.68. The minimum Gasteiger partial charge on any atom is -0.358 e. The molecule has 0 radical (unpaired) electrons. The van der Waals surface area contributed by atoms with Crippen LogP contribution in [0.15, 0.2) is 47.6 Å². The molecule has 0 aliphatic rings. The summed E-state index contributed by atoms with van der Waals surface area (Å²) in [6.45, 7) is 1.96. The SMILES string of the molecule is Cc1[nH]c2ccccc2c1CC(=O)NN=Cc1ccc(Cl)c(Cl)c1. The minimum absolute atomic E-state index is 0.181.